The maximum atomic E-state index is 13.0. The van der Waals surface area contributed by atoms with E-state index < -0.39 is 0 Å². The van der Waals surface area contributed by atoms with Crippen molar-refractivity contribution in [1.82, 2.24) is 14.7 Å². The molecular weight excluding hydrogens is 322 g/mol. The van der Waals surface area contributed by atoms with E-state index in [1.807, 2.05) is 53.2 Å². The van der Waals surface area contributed by atoms with Gasteiger partial charge in [0.2, 0.25) is 0 Å². The fourth-order valence-corrected chi connectivity index (χ4v) is 4.40. The summed E-state index contributed by atoms with van der Waals surface area (Å²) in [5, 5.41) is 4.36. The molecule has 2 atom stereocenters. The van der Waals surface area contributed by atoms with E-state index in [9.17, 15) is 4.79 Å². The van der Waals surface area contributed by atoms with Crippen LogP contribution in [0.1, 0.15) is 18.4 Å². The monoisotopic (exact) mass is 343 g/mol. The fraction of sp³-hybridized carbons (Fsp3) is 0.444. The summed E-state index contributed by atoms with van der Waals surface area (Å²) in [5.74, 6) is 1.62. The number of nitrogens with zero attached hydrogens (tertiary/aromatic N) is 3. The zero-order valence-corrected chi connectivity index (χ0v) is 14.5. The second kappa shape index (κ2) is 6.51. The molecule has 2 aliphatic heterocycles. The standard InChI is InChI=1S/C18H21N3O2S/c1-13-9-19-20(10-13)11-14-5-4-8-21(14)18(22)16-12-24-17-7-3-2-6-15(17)23-16/h2-3,6-7,9-10,14,16H,4-5,8,11-12H2,1H3/t14-,16+/m1/s1. The molecule has 0 bridgehead atoms. The highest BCUT2D eigenvalue weighted by Crippen LogP contribution is 2.36. The van der Waals surface area contributed by atoms with Crippen molar-refractivity contribution in [3.8, 4) is 5.75 Å². The number of carbonyl (C=O) groups excluding carboxylic acids is 1. The highest BCUT2D eigenvalue weighted by Gasteiger charge is 2.36. The first-order valence-corrected chi connectivity index (χ1v) is 9.37. The molecule has 0 aliphatic carbocycles. The molecule has 126 valence electrons. The Morgan fingerprint density at radius 1 is 1.42 bits per heavy atom. The van der Waals surface area contributed by atoms with E-state index in [-0.39, 0.29) is 18.1 Å². The molecule has 1 fully saturated rings. The van der Waals surface area contributed by atoms with Crippen molar-refractivity contribution in [2.75, 3.05) is 12.3 Å². The molecule has 0 N–H and O–H groups in total. The minimum atomic E-state index is -0.384. The van der Waals surface area contributed by atoms with Crippen LogP contribution in [0.15, 0.2) is 41.6 Å². The summed E-state index contributed by atoms with van der Waals surface area (Å²) in [4.78, 5) is 16.1. The van der Waals surface area contributed by atoms with Gasteiger partial charge in [0.25, 0.3) is 5.91 Å². The Morgan fingerprint density at radius 3 is 3.12 bits per heavy atom. The maximum Gasteiger partial charge on any atom is 0.264 e. The van der Waals surface area contributed by atoms with Crippen LogP contribution in [-0.4, -0.2) is 45.0 Å². The summed E-state index contributed by atoms with van der Waals surface area (Å²) in [7, 11) is 0. The molecule has 5 nitrogen and oxygen atoms in total. The normalized spacial score (nSPS) is 23.0. The molecule has 2 aliphatic rings. The average Bonchev–Trinajstić information content (AvgIpc) is 3.23. The predicted octanol–water partition coefficient (Wildman–Crippen LogP) is 2.74. The van der Waals surface area contributed by atoms with Crippen LogP contribution in [0.2, 0.25) is 0 Å². The molecule has 0 spiro atoms. The van der Waals surface area contributed by atoms with Gasteiger partial charge in [0, 0.05) is 23.4 Å². The van der Waals surface area contributed by atoms with E-state index in [1.165, 1.54) is 0 Å². The number of thioether (sulfide) groups is 1. The quantitative estimate of drug-likeness (QED) is 0.860. The second-order valence-electron chi connectivity index (χ2n) is 6.43. The number of aromatic nitrogens is 2. The van der Waals surface area contributed by atoms with Crippen LogP contribution >= 0.6 is 11.8 Å². The smallest absolute Gasteiger partial charge is 0.264 e. The van der Waals surface area contributed by atoms with Gasteiger partial charge in [-0.1, -0.05) is 12.1 Å². The first kappa shape index (κ1) is 15.6. The Morgan fingerprint density at radius 2 is 2.29 bits per heavy atom. The van der Waals surface area contributed by atoms with Gasteiger partial charge < -0.3 is 9.64 Å². The van der Waals surface area contributed by atoms with E-state index >= 15 is 0 Å². The van der Waals surface area contributed by atoms with E-state index in [0.717, 1.165) is 42.1 Å². The van der Waals surface area contributed by atoms with Gasteiger partial charge >= 0.3 is 0 Å². The largest absolute Gasteiger partial charge is 0.479 e. The lowest BCUT2D eigenvalue weighted by Crippen LogP contribution is -2.47. The van der Waals surface area contributed by atoms with Crippen LogP contribution in [0.4, 0.5) is 0 Å². The van der Waals surface area contributed by atoms with Crippen LogP contribution in [0.5, 0.6) is 5.75 Å². The van der Waals surface area contributed by atoms with Crippen molar-refractivity contribution in [2.24, 2.45) is 0 Å². The lowest BCUT2D eigenvalue weighted by atomic mass is 10.2. The van der Waals surface area contributed by atoms with Crippen LogP contribution in [0.3, 0.4) is 0 Å². The molecule has 0 saturated carbocycles. The number of likely N-dealkylation sites (tertiary alicyclic amines) is 1. The van der Waals surface area contributed by atoms with Gasteiger partial charge in [-0.3, -0.25) is 9.48 Å². The van der Waals surface area contributed by atoms with Gasteiger partial charge in [0.05, 0.1) is 18.8 Å². The Balaban J connectivity index is 1.45. The summed E-state index contributed by atoms with van der Waals surface area (Å²) in [6, 6.07) is 8.14. The molecule has 3 heterocycles. The Labute approximate surface area is 146 Å². The number of hydrogen-bond acceptors (Lipinski definition) is 4. The van der Waals surface area contributed by atoms with Gasteiger partial charge in [-0.25, -0.2) is 0 Å². The van der Waals surface area contributed by atoms with Crippen LogP contribution in [0, 0.1) is 6.92 Å². The molecule has 1 amide bonds. The first-order chi connectivity index (χ1) is 11.7. The van der Waals surface area contributed by atoms with E-state index in [2.05, 4.69) is 5.10 Å². The number of carbonyl (C=O) groups is 1. The summed E-state index contributed by atoms with van der Waals surface area (Å²) in [5.41, 5.74) is 1.15. The number of amides is 1. The van der Waals surface area contributed by atoms with Gasteiger partial charge in [0.1, 0.15) is 5.75 Å². The molecular formula is C18H21N3O2S. The minimum absolute atomic E-state index is 0.114. The third-order valence-electron chi connectivity index (χ3n) is 4.60. The number of para-hydroxylation sites is 1. The molecule has 0 radical (unpaired) electrons. The fourth-order valence-electron chi connectivity index (χ4n) is 3.42. The third kappa shape index (κ3) is 3.02. The average molecular weight is 343 g/mol. The van der Waals surface area contributed by atoms with E-state index in [4.69, 9.17) is 4.74 Å². The number of rotatable bonds is 3. The SMILES string of the molecule is Cc1cnn(C[C@H]2CCCN2C(=O)[C@@H]2CSc3ccccc3O2)c1. The summed E-state index contributed by atoms with van der Waals surface area (Å²) in [6.07, 6.45) is 5.59. The molecule has 0 unspecified atom stereocenters. The van der Waals surface area contributed by atoms with Crippen molar-refractivity contribution >= 4 is 17.7 Å². The Kier molecular flexibility index (Phi) is 4.22. The van der Waals surface area contributed by atoms with Crippen molar-refractivity contribution in [3.63, 3.8) is 0 Å². The van der Waals surface area contributed by atoms with Gasteiger partial charge in [-0.2, -0.15) is 5.10 Å². The molecule has 2 aromatic rings. The van der Waals surface area contributed by atoms with Crippen molar-refractivity contribution in [3.05, 3.63) is 42.2 Å². The van der Waals surface area contributed by atoms with Gasteiger partial charge in [0.15, 0.2) is 6.10 Å². The van der Waals surface area contributed by atoms with E-state index in [0.29, 0.717) is 5.75 Å². The molecule has 6 heteroatoms. The Bertz CT molecular complexity index is 745. The minimum Gasteiger partial charge on any atom is -0.479 e. The predicted molar refractivity (Wildman–Crippen MR) is 93.3 cm³/mol. The lowest BCUT2D eigenvalue weighted by molar-refractivity contribution is -0.139. The maximum absolute atomic E-state index is 13.0. The number of benzene rings is 1. The molecule has 1 aromatic carbocycles. The highest BCUT2D eigenvalue weighted by molar-refractivity contribution is 7.99. The van der Waals surface area contributed by atoms with Crippen LogP contribution in [-0.2, 0) is 11.3 Å². The molecule has 1 aromatic heterocycles. The van der Waals surface area contributed by atoms with Gasteiger partial charge in [-0.15, -0.1) is 11.8 Å². The number of fused-ring (bicyclic) bond motifs is 1. The molecule has 1 saturated heterocycles. The first-order valence-electron chi connectivity index (χ1n) is 8.39. The number of aryl methyl sites for hydroxylation is 1. The Hall–Kier alpha value is -1.95. The van der Waals surface area contributed by atoms with Crippen molar-refractivity contribution < 1.29 is 9.53 Å². The van der Waals surface area contributed by atoms with Crippen molar-refractivity contribution in [2.45, 2.75) is 43.4 Å². The summed E-state index contributed by atoms with van der Waals surface area (Å²) >= 11 is 1.70. The van der Waals surface area contributed by atoms with Crippen molar-refractivity contribution in [1.29, 1.82) is 0 Å². The van der Waals surface area contributed by atoms with Crippen LogP contribution in [0.25, 0.3) is 0 Å². The van der Waals surface area contributed by atoms with Gasteiger partial charge in [-0.05, 0) is 37.5 Å². The molecule has 4 rings (SSSR count). The van der Waals surface area contributed by atoms with Crippen LogP contribution < -0.4 is 4.74 Å². The second-order valence-corrected chi connectivity index (χ2v) is 7.49. The molecule has 24 heavy (non-hydrogen) atoms. The topological polar surface area (TPSA) is 47.4 Å². The highest BCUT2D eigenvalue weighted by atomic mass is 32.2. The van der Waals surface area contributed by atoms with E-state index in [1.54, 1.807) is 11.8 Å². The number of hydrogen-bond donors (Lipinski definition) is 0. The lowest BCUT2D eigenvalue weighted by Gasteiger charge is -2.31. The zero-order valence-electron chi connectivity index (χ0n) is 13.7. The number of ether oxygens (including phenoxy) is 1. The summed E-state index contributed by atoms with van der Waals surface area (Å²) < 4.78 is 7.92. The zero-order chi connectivity index (χ0) is 16.5. The third-order valence-corrected chi connectivity index (χ3v) is 5.72. The summed E-state index contributed by atoms with van der Waals surface area (Å²) in [6.45, 7) is 3.61.